The first kappa shape index (κ1) is 38.0. The van der Waals surface area contributed by atoms with Crippen LogP contribution in [0.25, 0.3) is 33.3 Å². The summed E-state index contributed by atoms with van der Waals surface area (Å²) in [5.41, 5.74) is 9.98. The van der Waals surface area contributed by atoms with Crippen molar-refractivity contribution >= 4 is 28.9 Å². The molecule has 0 radical (unpaired) electrons. The van der Waals surface area contributed by atoms with Gasteiger partial charge in [0.05, 0.1) is 24.1 Å². The maximum absolute atomic E-state index is 14.1. The van der Waals surface area contributed by atoms with Crippen molar-refractivity contribution < 1.29 is 28.6 Å². The van der Waals surface area contributed by atoms with Gasteiger partial charge >= 0.3 is 12.1 Å². The van der Waals surface area contributed by atoms with E-state index in [9.17, 15) is 14.4 Å². The molecule has 0 spiro atoms. The van der Waals surface area contributed by atoms with Gasteiger partial charge in [-0.1, -0.05) is 44.2 Å². The number of fused-ring (bicyclic) bond motifs is 6. The van der Waals surface area contributed by atoms with E-state index in [0.29, 0.717) is 25.8 Å². The highest BCUT2D eigenvalue weighted by molar-refractivity contribution is 5.95. The number of amides is 2. The summed E-state index contributed by atoms with van der Waals surface area (Å²) in [6, 6.07) is 17.1. The second-order valence-corrected chi connectivity index (χ2v) is 16.0. The van der Waals surface area contributed by atoms with E-state index < -0.39 is 35.2 Å². The van der Waals surface area contributed by atoms with Gasteiger partial charge in [0.1, 0.15) is 17.7 Å². The number of alkyl carbamates (subject to hydrolysis) is 1. The largest absolute Gasteiger partial charge is 0.464 e. The number of ether oxygens (including phenoxy) is 3. The number of hydrogen-bond donors (Lipinski definition) is 2. The first-order valence-electron chi connectivity index (χ1n) is 18.6. The minimum atomic E-state index is -0.946. The van der Waals surface area contributed by atoms with Gasteiger partial charge in [0.15, 0.2) is 0 Å². The summed E-state index contributed by atoms with van der Waals surface area (Å²) in [5.74, 6) is -0.764. The number of aromatic nitrogens is 2. The number of esters is 1. The van der Waals surface area contributed by atoms with E-state index in [-0.39, 0.29) is 25.0 Å². The Labute approximate surface area is 312 Å². The summed E-state index contributed by atoms with van der Waals surface area (Å²) in [6.45, 7) is 15.0. The van der Waals surface area contributed by atoms with Gasteiger partial charge in [-0.25, -0.2) is 10.2 Å². The lowest BCUT2D eigenvalue weighted by Crippen LogP contribution is -2.60. The Morgan fingerprint density at radius 1 is 1.11 bits per heavy atom. The third kappa shape index (κ3) is 8.41. The Bertz CT molecular complexity index is 2000. The van der Waals surface area contributed by atoms with Gasteiger partial charge < -0.3 is 24.1 Å². The quantitative estimate of drug-likeness (QED) is 0.208. The van der Waals surface area contributed by atoms with Crippen molar-refractivity contribution in [2.45, 2.75) is 104 Å². The summed E-state index contributed by atoms with van der Waals surface area (Å²) in [6.07, 6.45) is 2.86. The number of nitrogens with zero attached hydrogens (tertiary/aromatic N) is 3. The van der Waals surface area contributed by atoms with Gasteiger partial charge in [-0.15, -0.1) is 0 Å². The topological polar surface area (TPSA) is 124 Å². The molecular formula is C42H53N5O6. The Morgan fingerprint density at radius 2 is 1.89 bits per heavy atom. The van der Waals surface area contributed by atoms with Crippen molar-refractivity contribution in [1.29, 1.82) is 0 Å². The molecule has 2 aromatic heterocycles. The molecule has 6 rings (SSSR count). The Kier molecular flexibility index (Phi) is 11.0. The molecule has 0 aliphatic carbocycles. The van der Waals surface area contributed by atoms with Crippen LogP contribution in [0.2, 0.25) is 0 Å². The van der Waals surface area contributed by atoms with Crippen molar-refractivity contribution in [2.75, 3.05) is 20.3 Å². The van der Waals surface area contributed by atoms with Crippen LogP contribution in [-0.2, 0) is 43.2 Å². The minimum Gasteiger partial charge on any atom is -0.464 e. The zero-order valence-corrected chi connectivity index (χ0v) is 32.2. The number of carbonyl (C=O) groups excluding carboxylic acids is 3. The van der Waals surface area contributed by atoms with Crippen LogP contribution in [0, 0.1) is 5.41 Å². The molecule has 2 aliphatic rings. The van der Waals surface area contributed by atoms with Gasteiger partial charge in [0, 0.05) is 54.7 Å². The molecule has 2 aromatic carbocycles. The van der Waals surface area contributed by atoms with Crippen LogP contribution < -0.4 is 10.7 Å². The van der Waals surface area contributed by atoms with Gasteiger partial charge in [-0.05, 0) is 100 Å². The molecule has 11 nitrogen and oxygen atoms in total. The molecule has 3 atom stereocenters. The molecule has 53 heavy (non-hydrogen) atoms. The van der Waals surface area contributed by atoms with Crippen molar-refractivity contribution in [2.24, 2.45) is 5.41 Å². The summed E-state index contributed by atoms with van der Waals surface area (Å²) >= 11 is 0. The van der Waals surface area contributed by atoms with Crippen LogP contribution in [-0.4, -0.2) is 70.5 Å². The molecule has 11 heteroatoms. The zero-order chi connectivity index (χ0) is 38.1. The van der Waals surface area contributed by atoms with E-state index in [0.717, 1.165) is 56.7 Å². The highest BCUT2D eigenvalue weighted by atomic mass is 16.6. The first-order valence-corrected chi connectivity index (χ1v) is 18.6. The number of hydrogen-bond acceptors (Lipinski definition) is 8. The van der Waals surface area contributed by atoms with Gasteiger partial charge in [0.2, 0.25) is 0 Å². The zero-order valence-electron chi connectivity index (χ0n) is 32.2. The minimum absolute atomic E-state index is 0.176. The highest BCUT2D eigenvalue weighted by Gasteiger charge is 2.36. The lowest BCUT2D eigenvalue weighted by Gasteiger charge is -2.35. The molecule has 4 aromatic rings. The van der Waals surface area contributed by atoms with Gasteiger partial charge in [-0.3, -0.25) is 19.6 Å². The van der Waals surface area contributed by atoms with E-state index in [1.54, 1.807) is 34.1 Å². The number of aryl methyl sites for hydroxylation is 1. The molecule has 6 bridgehead atoms. The number of hydrazine groups is 1. The highest BCUT2D eigenvalue weighted by Crippen LogP contribution is 2.42. The van der Waals surface area contributed by atoms with Crippen LogP contribution >= 0.6 is 0 Å². The molecule has 1 saturated heterocycles. The fraction of sp³-hybridized carbons (Fsp3) is 0.476. The number of carbonyl (C=O) groups is 3. The van der Waals surface area contributed by atoms with E-state index in [4.69, 9.17) is 19.2 Å². The van der Waals surface area contributed by atoms with Crippen molar-refractivity contribution in [3.8, 4) is 22.4 Å². The van der Waals surface area contributed by atoms with Crippen molar-refractivity contribution in [3.05, 3.63) is 77.6 Å². The molecule has 2 amide bonds. The number of nitrogens with one attached hydrogen (secondary N) is 2. The van der Waals surface area contributed by atoms with E-state index in [1.165, 1.54) is 5.01 Å². The average molecular weight is 724 g/mol. The van der Waals surface area contributed by atoms with Crippen LogP contribution in [0.4, 0.5) is 4.79 Å². The van der Waals surface area contributed by atoms with E-state index >= 15 is 0 Å². The smallest absolute Gasteiger partial charge is 0.408 e. The normalized spacial score (nSPS) is 20.0. The summed E-state index contributed by atoms with van der Waals surface area (Å²) < 4.78 is 19.7. The molecule has 282 valence electrons. The number of rotatable bonds is 5. The number of methoxy groups -OCH3 is 1. The first-order chi connectivity index (χ1) is 25.2. The van der Waals surface area contributed by atoms with Crippen LogP contribution in [0.1, 0.15) is 84.2 Å². The molecule has 4 heterocycles. The SMILES string of the molecule is CCn1c(-c2cccnc2[C@H](C)OC)c2c3cc(ccc31)-c1cccc(c1)C[C@H](NC(=O)OC(C)(C)C)C(=O)N1CCC[C@H](N1)C(=O)OCC(C)(C)C2. The lowest BCUT2D eigenvalue weighted by molar-refractivity contribution is -0.155. The van der Waals surface area contributed by atoms with Crippen LogP contribution in [0.15, 0.2) is 60.8 Å². The summed E-state index contributed by atoms with van der Waals surface area (Å²) in [5, 5.41) is 5.37. The third-order valence-corrected chi connectivity index (χ3v) is 10.0. The van der Waals surface area contributed by atoms with E-state index in [1.807, 2.05) is 25.1 Å². The summed E-state index contributed by atoms with van der Waals surface area (Å²) in [7, 11) is 1.70. The predicted molar refractivity (Wildman–Crippen MR) is 205 cm³/mol. The lowest BCUT2D eigenvalue weighted by atomic mass is 9.84. The monoisotopic (exact) mass is 723 g/mol. The Hall–Kier alpha value is -4.74. The standard InChI is InChI=1S/C42H53N5O6/c1-9-46-35-18-17-29-23-31(35)32(37(46)30-15-11-19-43-36(30)26(2)51-8)24-42(6,7)25-52-39(49)33-16-12-20-47(45-33)38(48)34(44-40(50)53-41(3,4)5)22-27-13-10-14-28(29)21-27/h10-11,13-15,17-19,21,23,26,33-34,45H,9,12,16,20,22,24-25H2,1-8H3,(H,44,50)/t26-,33-,34-/m0/s1. The fourth-order valence-corrected chi connectivity index (χ4v) is 7.44. The number of cyclic esters (lactones) is 1. The Morgan fingerprint density at radius 3 is 2.62 bits per heavy atom. The maximum atomic E-state index is 14.1. The maximum Gasteiger partial charge on any atom is 0.408 e. The fourth-order valence-electron chi connectivity index (χ4n) is 7.44. The van der Waals surface area contributed by atoms with Gasteiger partial charge in [0.25, 0.3) is 5.91 Å². The second kappa shape index (κ2) is 15.3. The van der Waals surface area contributed by atoms with Crippen LogP contribution in [0.5, 0.6) is 0 Å². The Balaban J connectivity index is 1.51. The molecule has 0 unspecified atom stereocenters. The number of pyridine rings is 1. The molecule has 2 N–H and O–H groups in total. The second-order valence-electron chi connectivity index (χ2n) is 16.0. The average Bonchev–Trinajstić information content (AvgIpc) is 3.43. The van der Waals surface area contributed by atoms with Crippen molar-refractivity contribution in [3.63, 3.8) is 0 Å². The van der Waals surface area contributed by atoms with Gasteiger partial charge in [-0.2, -0.15) is 0 Å². The molecular weight excluding hydrogens is 670 g/mol. The van der Waals surface area contributed by atoms with Crippen molar-refractivity contribution in [1.82, 2.24) is 25.3 Å². The molecule has 0 saturated carbocycles. The van der Waals surface area contributed by atoms with E-state index in [2.05, 4.69) is 72.5 Å². The van der Waals surface area contributed by atoms with Crippen LogP contribution in [0.3, 0.4) is 0 Å². The predicted octanol–water partition coefficient (Wildman–Crippen LogP) is 7.15. The molecule has 1 fully saturated rings. The third-order valence-electron chi connectivity index (χ3n) is 10.0. The molecule has 2 aliphatic heterocycles. The number of benzene rings is 2. The summed E-state index contributed by atoms with van der Waals surface area (Å²) in [4.78, 5) is 45.5.